The molecule has 0 saturated carbocycles. The molecule has 0 fully saturated rings. The standard InChI is InChI=1S/C21H19Cl2F3N4O2/c1-3-11(2)27-20-29-17(12-5-4-6-14(7-12)32-21(24,25)26)10-18(30-20)28-13-8-15(22)19(31)16(23)9-13/h4-11,31H,3H2,1-2H3,(H2,27,28,29,30)/t11-/m1/s1. The summed E-state index contributed by atoms with van der Waals surface area (Å²) >= 11 is 12.0. The summed E-state index contributed by atoms with van der Waals surface area (Å²) in [5.41, 5.74) is 1.20. The Hall–Kier alpha value is -2.91. The molecular weight excluding hydrogens is 468 g/mol. The summed E-state index contributed by atoms with van der Waals surface area (Å²) in [6, 6.07) is 10.0. The molecule has 0 bridgehead atoms. The molecule has 170 valence electrons. The minimum atomic E-state index is -4.81. The average Bonchev–Trinajstić information content (AvgIpc) is 2.70. The van der Waals surface area contributed by atoms with Crippen molar-refractivity contribution in [3.05, 3.63) is 52.5 Å². The van der Waals surface area contributed by atoms with Crippen LogP contribution in [0.2, 0.25) is 10.0 Å². The van der Waals surface area contributed by atoms with Crippen LogP contribution < -0.4 is 15.4 Å². The predicted octanol–water partition coefficient (Wildman–Crippen LogP) is 7.01. The Bertz CT molecular complexity index is 1090. The summed E-state index contributed by atoms with van der Waals surface area (Å²) in [6.07, 6.45) is -4.01. The van der Waals surface area contributed by atoms with Gasteiger partial charge in [0.1, 0.15) is 11.6 Å². The SMILES string of the molecule is CC[C@@H](C)Nc1nc(Nc2cc(Cl)c(O)c(Cl)c2)cc(-c2cccc(OC(F)(F)F)c2)n1. The van der Waals surface area contributed by atoms with Crippen LogP contribution in [0, 0.1) is 0 Å². The predicted molar refractivity (Wildman–Crippen MR) is 119 cm³/mol. The van der Waals surface area contributed by atoms with Crippen molar-refractivity contribution < 1.29 is 23.0 Å². The van der Waals surface area contributed by atoms with Crippen LogP contribution >= 0.6 is 23.2 Å². The zero-order valence-electron chi connectivity index (χ0n) is 17.0. The van der Waals surface area contributed by atoms with Crippen molar-refractivity contribution in [1.29, 1.82) is 0 Å². The average molecular weight is 487 g/mol. The van der Waals surface area contributed by atoms with Gasteiger partial charge in [-0.25, -0.2) is 4.98 Å². The molecule has 2 aromatic carbocycles. The highest BCUT2D eigenvalue weighted by Crippen LogP contribution is 2.36. The van der Waals surface area contributed by atoms with Gasteiger partial charge in [0.15, 0.2) is 5.75 Å². The fourth-order valence-corrected chi connectivity index (χ4v) is 3.17. The van der Waals surface area contributed by atoms with E-state index in [4.69, 9.17) is 23.2 Å². The fourth-order valence-electron chi connectivity index (χ4n) is 2.68. The maximum Gasteiger partial charge on any atom is 0.573 e. The fraction of sp³-hybridized carbons (Fsp3) is 0.238. The molecule has 0 saturated heterocycles. The number of phenolic OH excluding ortho intramolecular Hbond substituents is 1. The van der Waals surface area contributed by atoms with E-state index in [-0.39, 0.29) is 33.5 Å². The van der Waals surface area contributed by atoms with Crippen LogP contribution in [0.15, 0.2) is 42.5 Å². The van der Waals surface area contributed by atoms with Gasteiger partial charge in [-0.3, -0.25) is 0 Å². The summed E-state index contributed by atoms with van der Waals surface area (Å²) in [4.78, 5) is 8.84. The quantitative estimate of drug-likeness (QED) is 0.311. The number of nitrogens with zero attached hydrogens (tertiary/aromatic N) is 2. The number of alkyl halides is 3. The number of benzene rings is 2. The molecule has 0 amide bonds. The first-order valence-corrected chi connectivity index (χ1v) is 10.3. The highest BCUT2D eigenvalue weighted by atomic mass is 35.5. The Morgan fingerprint density at radius 1 is 1.09 bits per heavy atom. The van der Waals surface area contributed by atoms with E-state index in [2.05, 4.69) is 25.3 Å². The third-order valence-corrected chi connectivity index (χ3v) is 4.94. The Kier molecular flexibility index (Phi) is 7.20. The van der Waals surface area contributed by atoms with E-state index >= 15 is 0 Å². The topological polar surface area (TPSA) is 79.3 Å². The third-order valence-electron chi connectivity index (χ3n) is 4.37. The van der Waals surface area contributed by atoms with E-state index < -0.39 is 6.36 Å². The summed E-state index contributed by atoms with van der Waals surface area (Å²) in [5, 5.41) is 16.0. The molecule has 32 heavy (non-hydrogen) atoms. The van der Waals surface area contributed by atoms with Gasteiger partial charge >= 0.3 is 6.36 Å². The van der Waals surface area contributed by atoms with Crippen molar-refractivity contribution in [2.75, 3.05) is 10.6 Å². The first kappa shape index (κ1) is 23.7. The minimum absolute atomic E-state index is 0.0456. The van der Waals surface area contributed by atoms with Crippen LogP contribution in [0.1, 0.15) is 20.3 Å². The van der Waals surface area contributed by atoms with Crippen molar-refractivity contribution >= 4 is 40.7 Å². The second kappa shape index (κ2) is 9.70. The molecule has 3 aromatic rings. The van der Waals surface area contributed by atoms with Gasteiger partial charge in [-0.15, -0.1) is 13.2 Å². The molecule has 0 unspecified atom stereocenters. The lowest BCUT2D eigenvalue weighted by atomic mass is 10.1. The lowest BCUT2D eigenvalue weighted by Gasteiger charge is -2.15. The van der Waals surface area contributed by atoms with Crippen LogP contribution in [0.25, 0.3) is 11.3 Å². The van der Waals surface area contributed by atoms with E-state index in [1.165, 1.54) is 30.3 Å². The molecule has 0 aliphatic heterocycles. The molecule has 1 heterocycles. The smallest absolute Gasteiger partial charge is 0.505 e. The van der Waals surface area contributed by atoms with Crippen LogP contribution in [-0.4, -0.2) is 27.5 Å². The molecule has 0 aliphatic rings. The number of phenols is 1. The van der Waals surface area contributed by atoms with Crippen LogP contribution in [0.5, 0.6) is 11.5 Å². The second-order valence-corrected chi connectivity index (χ2v) is 7.72. The number of anilines is 3. The monoisotopic (exact) mass is 486 g/mol. The zero-order valence-corrected chi connectivity index (χ0v) is 18.5. The largest absolute Gasteiger partial charge is 0.573 e. The molecule has 3 rings (SSSR count). The van der Waals surface area contributed by atoms with Gasteiger partial charge in [0, 0.05) is 23.4 Å². The molecule has 0 spiro atoms. The summed E-state index contributed by atoms with van der Waals surface area (Å²) in [5.74, 6) is -0.00208. The van der Waals surface area contributed by atoms with Crippen molar-refractivity contribution in [3.63, 3.8) is 0 Å². The molecular formula is C21H19Cl2F3N4O2. The van der Waals surface area contributed by atoms with Crippen molar-refractivity contribution in [2.24, 2.45) is 0 Å². The van der Waals surface area contributed by atoms with Gasteiger partial charge in [-0.2, -0.15) is 4.98 Å². The van der Waals surface area contributed by atoms with E-state index in [0.29, 0.717) is 22.8 Å². The van der Waals surface area contributed by atoms with Gasteiger partial charge in [-0.1, -0.05) is 42.3 Å². The molecule has 3 N–H and O–H groups in total. The molecule has 1 aromatic heterocycles. The maximum atomic E-state index is 12.6. The second-order valence-electron chi connectivity index (χ2n) is 6.90. The van der Waals surface area contributed by atoms with Gasteiger partial charge in [-0.05, 0) is 37.6 Å². The van der Waals surface area contributed by atoms with Gasteiger partial charge < -0.3 is 20.5 Å². The lowest BCUT2D eigenvalue weighted by Crippen LogP contribution is -2.17. The normalized spacial score (nSPS) is 12.3. The Balaban J connectivity index is 2.01. The number of hydrogen-bond acceptors (Lipinski definition) is 6. The Morgan fingerprint density at radius 3 is 2.41 bits per heavy atom. The summed E-state index contributed by atoms with van der Waals surface area (Å²) < 4.78 is 41.9. The number of nitrogens with one attached hydrogen (secondary N) is 2. The van der Waals surface area contributed by atoms with E-state index in [1.807, 2.05) is 13.8 Å². The molecule has 1 atom stereocenters. The third kappa shape index (κ3) is 6.30. The molecule has 0 radical (unpaired) electrons. The van der Waals surface area contributed by atoms with Crippen molar-refractivity contribution in [3.8, 4) is 22.8 Å². The molecule has 0 aliphatic carbocycles. The van der Waals surface area contributed by atoms with Gasteiger partial charge in [0.2, 0.25) is 5.95 Å². The molecule has 6 nitrogen and oxygen atoms in total. The van der Waals surface area contributed by atoms with Gasteiger partial charge in [0.25, 0.3) is 0 Å². The number of aromatic hydroxyl groups is 1. The van der Waals surface area contributed by atoms with E-state index in [1.54, 1.807) is 12.1 Å². The number of rotatable bonds is 7. The highest BCUT2D eigenvalue weighted by Gasteiger charge is 2.31. The Labute approximate surface area is 192 Å². The first-order chi connectivity index (χ1) is 15.0. The summed E-state index contributed by atoms with van der Waals surface area (Å²) in [7, 11) is 0. The molecule has 11 heteroatoms. The van der Waals surface area contributed by atoms with Crippen LogP contribution in [0.3, 0.4) is 0 Å². The number of hydrogen-bond donors (Lipinski definition) is 3. The number of aromatic nitrogens is 2. The zero-order chi connectivity index (χ0) is 23.5. The van der Waals surface area contributed by atoms with Crippen LogP contribution in [-0.2, 0) is 0 Å². The van der Waals surface area contributed by atoms with E-state index in [9.17, 15) is 18.3 Å². The number of ether oxygens (including phenoxy) is 1. The number of halogens is 5. The first-order valence-electron chi connectivity index (χ1n) is 9.51. The van der Waals surface area contributed by atoms with Crippen LogP contribution in [0.4, 0.5) is 30.6 Å². The van der Waals surface area contributed by atoms with Crippen molar-refractivity contribution in [2.45, 2.75) is 32.7 Å². The highest BCUT2D eigenvalue weighted by molar-refractivity contribution is 6.37. The minimum Gasteiger partial charge on any atom is -0.505 e. The van der Waals surface area contributed by atoms with E-state index in [0.717, 1.165) is 6.42 Å². The summed E-state index contributed by atoms with van der Waals surface area (Å²) in [6.45, 7) is 3.93. The van der Waals surface area contributed by atoms with Gasteiger partial charge in [0.05, 0.1) is 15.7 Å². The lowest BCUT2D eigenvalue weighted by molar-refractivity contribution is -0.274. The maximum absolute atomic E-state index is 12.6. The van der Waals surface area contributed by atoms with Crippen molar-refractivity contribution in [1.82, 2.24) is 9.97 Å². The Morgan fingerprint density at radius 2 is 1.78 bits per heavy atom.